The zero-order valence-corrected chi connectivity index (χ0v) is 14.4. The van der Waals surface area contributed by atoms with Crippen LogP contribution in [0.3, 0.4) is 0 Å². The number of hydrogen-bond donors (Lipinski definition) is 2. The molecule has 5 heteroatoms. The quantitative estimate of drug-likeness (QED) is 0.658. The summed E-state index contributed by atoms with van der Waals surface area (Å²) >= 11 is 0. The number of nitrogens with one attached hydrogen (secondary N) is 1. The van der Waals surface area contributed by atoms with Gasteiger partial charge in [0.1, 0.15) is 0 Å². The molecule has 130 valence electrons. The summed E-state index contributed by atoms with van der Waals surface area (Å²) in [5.74, 6) is -0.968. The van der Waals surface area contributed by atoms with E-state index >= 15 is 0 Å². The van der Waals surface area contributed by atoms with E-state index in [2.05, 4.69) is 11.1 Å². The molecule has 0 spiro atoms. The Labute approximate surface area is 151 Å². The van der Waals surface area contributed by atoms with Gasteiger partial charge in [0.15, 0.2) is 0 Å². The number of para-hydroxylation sites is 1. The van der Waals surface area contributed by atoms with Crippen LogP contribution in [0, 0.1) is 11.3 Å². The SMILES string of the molecule is CN(CCC#N)c1ccc(C=C(C(=O)O)c2c[nH]c3ccccc23)cc1. The van der Waals surface area contributed by atoms with Gasteiger partial charge in [-0.2, -0.15) is 5.26 Å². The average Bonchev–Trinajstić information content (AvgIpc) is 3.08. The third kappa shape index (κ3) is 3.60. The molecule has 0 fully saturated rings. The first-order valence-corrected chi connectivity index (χ1v) is 8.30. The summed E-state index contributed by atoms with van der Waals surface area (Å²) in [4.78, 5) is 16.9. The second kappa shape index (κ2) is 7.58. The van der Waals surface area contributed by atoms with Crippen molar-refractivity contribution in [3.63, 3.8) is 0 Å². The van der Waals surface area contributed by atoms with Crippen LogP contribution in [0.2, 0.25) is 0 Å². The number of H-pyrrole nitrogens is 1. The lowest BCUT2D eigenvalue weighted by atomic mass is 10.0. The van der Waals surface area contributed by atoms with Gasteiger partial charge >= 0.3 is 5.97 Å². The minimum Gasteiger partial charge on any atom is -0.478 e. The number of rotatable bonds is 6. The molecule has 3 rings (SSSR count). The number of carbonyl (C=O) groups is 1. The number of aliphatic carboxylic acids is 1. The monoisotopic (exact) mass is 345 g/mol. The predicted octanol–water partition coefficient (Wildman–Crippen LogP) is 4.14. The molecule has 0 saturated heterocycles. The number of carboxylic acid groups (broad SMARTS) is 1. The molecule has 0 aliphatic carbocycles. The van der Waals surface area contributed by atoms with Gasteiger partial charge in [0.05, 0.1) is 18.1 Å². The van der Waals surface area contributed by atoms with Gasteiger partial charge in [-0.25, -0.2) is 4.79 Å². The highest BCUT2D eigenvalue weighted by atomic mass is 16.4. The zero-order chi connectivity index (χ0) is 18.5. The molecular weight excluding hydrogens is 326 g/mol. The van der Waals surface area contributed by atoms with Gasteiger partial charge in [0.25, 0.3) is 0 Å². The Morgan fingerprint density at radius 1 is 1.23 bits per heavy atom. The molecule has 2 N–H and O–H groups in total. The minimum absolute atomic E-state index is 0.244. The van der Waals surface area contributed by atoms with Crippen LogP contribution in [-0.4, -0.2) is 29.7 Å². The predicted molar refractivity (Wildman–Crippen MR) is 104 cm³/mol. The van der Waals surface area contributed by atoms with E-state index in [1.807, 2.05) is 60.5 Å². The summed E-state index contributed by atoms with van der Waals surface area (Å²) in [5.41, 5.74) is 3.62. The van der Waals surface area contributed by atoms with Crippen molar-refractivity contribution in [2.75, 3.05) is 18.5 Å². The summed E-state index contributed by atoms with van der Waals surface area (Å²) in [6.07, 6.45) is 3.87. The van der Waals surface area contributed by atoms with Crippen LogP contribution in [-0.2, 0) is 4.79 Å². The Bertz CT molecular complexity index is 994. The van der Waals surface area contributed by atoms with E-state index in [1.54, 1.807) is 12.3 Å². The van der Waals surface area contributed by atoms with Crippen LogP contribution in [0.4, 0.5) is 5.69 Å². The fourth-order valence-electron chi connectivity index (χ4n) is 2.89. The fourth-order valence-corrected chi connectivity index (χ4v) is 2.89. The lowest BCUT2D eigenvalue weighted by Gasteiger charge is -2.17. The number of aromatic nitrogens is 1. The van der Waals surface area contributed by atoms with E-state index in [4.69, 9.17) is 5.26 Å². The normalized spacial score (nSPS) is 11.3. The van der Waals surface area contributed by atoms with Crippen molar-refractivity contribution in [1.82, 2.24) is 4.98 Å². The summed E-state index contributed by atoms with van der Waals surface area (Å²) < 4.78 is 0. The van der Waals surface area contributed by atoms with Gasteiger partial charge in [-0.1, -0.05) is 30.3 Å². The number of nitrogens with zero attached hydrogens (tertiary/aromatic N) is 2. The van der Waals surface area contributed by atoms with Crippen molar-refractivity contribution in [1.29, 1.82) is 5.26 Å². The Kier molecular flexibility index (Phi) is 5.04. The summed E-state index contributed by atoms with van der Waals surface area (Å²) in [7, 11) is 1.93. The highest BCUT2D eigenvalue weighted by Crippen LogP contribution is 2.27. The smallest absolute Gasteiger partial charge is 0.336 e. The van der Waals surface area contributed by atoms with E-state index in [-0.39, 0.29) is 5.57 Å². The Balaban J connectivity index is 1.93. The highest BCUT2D eigenvalue weighted by Gasteiger charge is 2.15. The highest BCUT2D eigenvalue weighted by molar-refractivity contribution is 6.23. The first kappa shape index (κ1) is 17.3. The summed E-state index contributed by atoms with van der Waals surface area (Å²) in [6.45, 7) is 0.654. The molecule has 1 aromatic heterocycles. The standard InChI is InChI=1S/C21H19N3O2/c1-24(12-4-11-22)16-9-7-15(8-10-16)13-18(21(25)26)19-14-23-20-6-3-2-5-17(19)20/h2-3,5-10,13-14,23H,4,12H2,1H3,(H,25,26). The van der Waals surface area contributed by atoms with Crippen molar-refractivity contribution >= 4 is 34.2 Å². The first-order valence-electron chi connectivity index (χ1n) is 8.30. The molecule has 0 amide bonds. The van der Waals surface area contributed by atoms with E-state index in [0.29, 0.717) is 18.5 Å². The molecule has 1 heterocycles. The molecule has 0 aliphatic heterocycles. The molecular formula is C21H19N3O2. The molecule has 0 bridgehead atoms. The third-order valence-electron chi connectivity index (χ3n) is 4.31. The topological polar surface area (TPSA) is 80.1 Å². The van der Waals surface area contributed by atoms with Gasteiger partial charge in [-0.05, 0) is 29.8 Å². The maximum absolute atomic E-state index is 11.8. The van der Waals surface area contributed by atoms with Crippen LogP contribution >= 0.6 is 0 Å². The lowest BCUT2D eigenvalue weighted by molar-refractivity contribution is -0.130. The molecule has 26 heavy (non-hydrogen) atoms. The Morgan fingerprint density at radius 3 is 2.65 bits per heavy atom. The average molecular weight is 345 g/mol. The largest absolute Gasteiger partial charge is 0.478 e. The van der Waals surface area contributed by atoms with Crippen LogP contribution in [0.15, 0.2) is 54.7 Å². The second-order valence-corrected chi connectivity index (χ2v) is 6.03. The van der Waals surface area contributed by atoms with E-state index < -0.39 is 5.97 Å². The molecule has 0 radical (unpaired) electrons. The molecule has 3 aromatic rings. The molecule has 0 unspecified atom stereocenters. The van der Waals surface area contributed by atoms with Crippen molar-refractivity contribution < 1.29 is 9.90 Å². The molecule has 0 aliphatic rings. The van der Waals surface area contributed by atoms with E-state index in [1.165, 1.54) is 0 Å². The molecule has 0 atom stereocenters. The van der Waals surface area contributed by atoms with Crippen LogP contribution < -0.4 is 4.90 Å². The Hall–Kier alpha value is -3.52. The number of carboxylic acids is 1. The number of aromatic amines is 1. The number of fused-ring (bicyclic) bond motifs is 1. The van der Waals surface area contributed by atoms with E-state index in [9.17, 15) is 9.90 Å². The van der Waals surface area contributed by atoms with Gasteiger partial charge < -0.3 is 15.0 Å². The number of hydrogen-bond acceptors (Lipinski definition) is 3. The minimum atomic E-state index is -0.968. The Morgan fingerprint density at radius 2 is 1.96 bits per heavy atom. The molecule has 2 aromatic carbocycles. The number of nitriles is 1. The van der Waals surface area contributed by atoms with Gasteiger partial charge in [-0.15, -0.1) is 0 Å². The van der Waals surface area contributed by atoms with Crippen LogP contribution in [0.1, 0.15) is 17.5 Å². The van der Waals surface area contributed by atoms with Gasteiger partial charge in [0.2, 0.25) is 0 Å². The summed E-state index contributed by atoms with van der Waals surface area (Å²) in [6, 6.07) is 17.4. The maximum Gasteiger partial charge on any atom is 0.336 e. The summed E-state index contributed by atoms with van der Waals surface area (Å²) in [5, 5.41) is 19.2. The van der Waals surface area contributed by atoms with Crippen molar-refractivity contribution in [2.45, 2.75) is 6.42 Å². The van der Waals surface area contributed by atoms with E-state index in [0.717, 1.165) is 22.2 Å². The van der Waals surface area contributed by atoms with Crippen LogP contribution in [0.25, 0.3) is 22.6 Å². The first-order chi connectivity index (χ1) is 12.6. The van der Waals surface area contributed by atoms with Gasteiger partial charge in [-0.3, -0.25) is 0 Å². The maximum atomic E-state index is 11.8. The molecule has 0 saturated carbocycles. The van der Waals surface area contributed by atoms with Gasteiger partial charge in [0, 0.05) is 41.9 Å². The lowest BCUT2D eigenvalue weighted by Crippen LogP contribution is -2.17. The zero-order valence-electron chi connectivity index (χ0n) is 14.4. The van der Waals surface area contributed by atoms with Crippen molar-refractivity contribution in [2.24, 2.45) is 0 Å². The molecule has 5 nitrogen and oxygen atoms in total. The fraction of sp³-hybridized carbons (Fsp3) is 0.143. The third-order valence-corrected chi connectivity index (χ3v) is 4.31. The number of benzene rings is 2. The van der Waals surface area contributed by atoms with Crippen LogP contribution in [0.5, 0.6) is 0 Å². The number of anilines is 1. The second-order valence-electron chi connectivity index (χ2n) is 6.03. The van der Waals surface area contributed by atoms with Crippen molar-refractivity contribution in [3.8, 4) is 6.07 Å². The van der Waals surface area contributed by atoms with Crippen molar-refractivity contribution in [3.05, 3.63) is 65.9 Å².